The van der Waals surface area contributed by atoms with Gasteiger partial charge in [0.25, 0.3) is 11.6 Å². The lowest BCUT2D eigenvalue weighted by Crippen LogP contribution is -2.37. The van der Waals surface area contributed by atoms with E-state index in [1.54, 1.807) is 23.1 Å². The molecule has 0 atom stereocenters. The van der Waals surface area contributed by atoms with E-state index in [2.05, 4.69) is 4.99 Å². The van der Waals surface area contributed by atoms with Crippen LogP contribution in [0.2, 0.25) is 0 Å². The van der Waals surface area contributed by atoms with Gasteiger partial charge in [0.05, 0.1) is 22.2 Å². The van der Waals surface area contributed by atoms with E-state index in [0.717, 1.165) is 5.69 Å². The fourth-order valence-corrected chi connectivity index (χ4v) is 3.48. The van der Waals surface area contributed by atoms with Crippen molar-refractivity contribution in [1.29, 1.82) is 0 Å². The molecule has 0 N–H and O–H groups in total. The highest BCUT2D eigenvalue weighted by molar-refractivity contribution is 8.18. The third-order valence-corrected chi connectivity index (χ3v) is 4.68. The molecule has 1 fully saturated rings. The minimum atomic E-state index is -0.452. The minimum absolute atomic E-state index is 0.0110. The Bertz CT molecular complexity index is 926. The molecule has 138 valence electrons. The standard InChI is InChI=1S/C19H18N4O3S/c1-21(2)13-22-18(24)17(12-14-7-6-10-16(11-14)23(25)26)27-19(22)20-15-8-4-3-5-9-15/h3-12H,13H2,1-2H3/b17-12+,20-19?. The second kappa shape index (κ2) is 8.15. The predicted molar refractivity (Wildman–Crippen MR) is 108 cm³/mol. The summed E-state index contributed by atoms with van der Waals surface area (Å²) in [5.74, 6) is -0.171. The van der Waals surface area contributed by atoms with Crippen LogP contribution in [0.4, 0.5) is 11.4 Å². The van der Waals surface area contributed by atoms with Crippen molar-refractivity contribution in [2.75, 3.05) is 20.8 Å². The zero-order chi connectivity index (χ0) is 19.4. The topological polar surface area (TPSA) is 79.0 Å². The maximum absolute atomic E-state index is 12.9. The van der Waals surface area contributed by atoms with Crippen molar-refractivity contribution in [2.24, 2.45) is 4.99 Å². The number of nitro groups is 1. The number of non-ortho nitro benzene ring substituents is 1. The first-order chi connectivity index (χ1) is 12.9. The van der Waals surface area contributed by atoms with E-state index in [0.29, 0.717) is 22.3 Å². The number of aliphatic imine (C=N–C) groups is 1. The normalized spacial score (nSPS) is 17.3. The summed E-state index contributed by atoms with van der Waals surface area (Å²) in [7, 11) is 3.75. The number of carbonyl (C=O) groups excluding carboxylic acids is 1. The Balaban J connectivity index is 1.95. The zero-order valence-corrected chi connectivity index (χ0v) is 15.7. The van der Waals surface area contributed by atoms with E-state index in [-0.39, 0.29) is 11.6 Å². The number of hydrogen-bond donors (Lipinski definition) is 0. The second-order valence-electron chi connectivity index (χ2n) is 6.15. The van der Waals surface area contributed by atoms with Crippen LogP contribution in [0.15, 0.2) is 64.5 Å². The minimum Gasteiger partial charge on any atom is -0.292 e. The molecule has 1 heterocycles. The van der Waals surface area contributed by atoms with Crippen molar-refractivity contribution in [3.8, 4) is 0 Å². The average Bonchev–Trinajstić information content (AvgIpc) is 2.91. The van der Waals surface area contributed by atoms with Crippen molar-refractivity contribution in [3.63, 3.8) is 0 Å². The van der Waals surface area contributed by atoms with Crippen molar-refractivity contribution in [2.45, 2.75) is 0 Å². The zero-order valence-electron chi connectivity index (χ0n) is 14.9. The first kappa shape index (κ1) is 18.8. The summed E-state index contributed by atoms with van der Waals surface area (Å²) < 4.78 is 0. The Morgan fingerprint density at radius 1 is 1.19 bits per heavy atom. The Kier molecular flexibility index (Phi) is 5.68. The van der Waals surface area contributed by atoms with E-state index in [9.17, 15) is 14.9 Å². The highest BCUT2D eigenvalue weighted by Crippen LogP contribution is 2.34. The molecule has 2 aromatic rings. The maximum Gasteiger partial charge on any atom is 0.270 e. The molecule has 7 nitrogen and oxygen atoms in total. The maximum atomic E-state index is 12.9. The molecule has 1 aliphatic rings. The Hall–Kier alpha value is -2.97. The molecule has 27 heavy (non-hydrogen) atoms. The number of amidine groups is 1. The van der Waals surface area contributed by atoms with Crippen molar-refractivity contribution in [1.82, 2.24) is 9.80 Å². The number of hydrogen-bond acceptors (Lipinski definition) is 6. The molecule has 1 saturated heterocycles. The van der Waals surface area contributed by atoms with Crippen LogP contribution in [0.1, 0.15) is 5.56 Å². The van der Waals surface area contributed by atoms with Crippen LogP contribution in [0, 0.1) is 10.1 Å². The van der Waals surface area contributed by atoms with Crippen LogP contribution >= 0.6 is 11.8 Å². The Morgan fingerprint density at radius 2 is 1.93 bits per heavy atom. The number of nitro benzene ring substituents is 1. The number of nitrogens with zero attached hydrogens (tertiary/aromatic N) is 4. The molecule has 0 radical (unpaired) electrons. The van der Waals surface area contributed by atoms with E-state index >= 15 is 0 Å². The first-order valence-corrected chi connectivity index (χ1v) is 9.00. The number of benzene rings is 2. The number of thioether (sulfide) groups is 1. The quantitative estimate of drug-likeness (QED) is 0.447. The number of rotatable bonds is 5. The molecular formula is C19H18N4O3S. The summed E-state index contributed by atoms with van der Waals surface area (Å²) in [6.45, 7) is 0.393. The second-order valence-corrected chi connectivity index (χ2v) is 7.16. The van der Waals surface area contributed by atoms with Gasteiger partial charge in [-0.3, -0.25) is 24.7 Å². The van der Waals surface area contributed by atoms with Crippen LogP contribution in [0.25, 0.3) is 6.08 Å². The van der Waals surface area contributed by atoms with Gasteiger partial charge in [-0.05, 0) is 49.6 Å². The van der Waals surface area contributed by atoms with Gasteiger partial charge in [0.2, 0.25) is 0 Å². The van der Waals surface area contributed by atoms with Crippen molar-refractivity contribution in [3.05, 3.63) is 75.2 Å². The van der Waals surface area contributed by atoms with E-state index < -0.39 is 4.92 Å². The fraction of sp³-hybridized carbons (Fsp3) is 0.158. The van der Waals surface area contributed by atoms with Gasteiger partial charge in [0.15, 0.2) is 5.17 Å². The summed E-state index contributed by atoms with van der Waals surface area (Å²) in [5, 5.41) is 11.5. The van der Waals surface area contributed by atoms with Gasteiger partial charge in [-0.2, -0.15) is 0 Å². The molecule has 0 unspecified atom stereocenters. The third-order valence-electron chi connectivity index (χ3n) is 3.67. The third kappa shape index (κ3) is 4.60. The first-order valence-electron chi connectivity index (χ1n) is 8.18. The molecule has 0 saturated carbocycles. The van der Waals surface area contributed by atoms with Crippen LogP contribution in [0.3, 0.4) is 0 Å². The van der Waals surface area contributed by atoms with Gasteiger partial charge in [0.1, 0.15) is 0 Å². The van der Waals surface area contributed by atoms with E-state index in [1.165, 1.54) is 23.9 Å². The summed E-state index contributed by atoms with van der Waals surface area (Å²) >= 11 is 1.26. The molecule has 0 aliphatic carbocycles. The number of para-hydroxylation sites is 1. The van der Waals surface area contributed by atoms with Crippen LogP contribution in [0.5, 0.6) is 0 Å². The summed E-state index contributed by atoms with van der Waals surface area (Å²) in [6, 6.07) is 15.6. The van der Waals surface area contributed by atoms with Crippen molar-refractivity contribution >= 4 is 40.3 Å². The summed E-state index contributed by atoms with van der Waals surface area (Å²) in [5.41, 5.74) is 1.35. The Morgan fingerprint density at radius 3 is 2.59 bits per heavy atom. The molecule has 0 spiro atoms. The lowest BCUT2D eigenvalue weighted by Gasteiger charge is -2.20. The molecule has 2 aromatic carbocycles. The lowest BCUT2D eigenvalue weighted by molar-refractivity contribution is -0.384. The SMILES string of the molecule is CN(C)CN1C(=O)/C(=C\c2cccc([N+](=O)[O-])c2)SC1=Nc1ccccc1. The molecule has 8 heteroatoms. The van der Waals surface area contributed by atoms with Gasteiger partial charge < -0.3 is 0 Å². The van der Waals surface area contributed by atoms with Gasteiger partial charge in [0, 0.05) is 12.1 Å². The Labute approximate surface area is 161 Å². The van der Waals surface area contributed by atoms with Crippen LogP contribution in [-0.4, -0.2) is 46.6 Å². The molecule has 1 amide bonds. The smallest absolute Gasteiger partial charge is 0.270 e. The van der Waals surface area contributed by atoms with Gasteiger partial charge in [-0.25, -0.2) is 4.99 Å². The highest BCUT2D eigenvalue weighted by atomic mass is 32.2. The molecule has 1 aliphatic heterocycles. The highest BCUT2D eigenvalue weighted by Gasteiger charge is 2.33. The van der Waals surface area contributed by atoms with Crippen LogP contribution in [-0.2, 0) is 4.79 Å². The summed E-state index contributed by atoms with van der Waals surface area (Å²) in [4.78, 5) is 31.9. The van der Waals surface area contributed by atoms with E-state index in [1.807, 2.05) is 49.3 Å². The average molecular weight is 382 g/mol. The lowest BCUT2D eigenvalue weighted by atomic mass is 10.2. The molecule has 3 rings (SSSR count). The molecular weight excluding hydrogens is 364 g/mol. The van der Waals surface area contributed by atoms with Crippen molar-refractivity contribution < 1.29 is 9.72 Å². The predicted octanol–water partition coefficient (Wildman–Crippen LogP) is 3.72. The monoisotopic (exact) mass is 382 g/mol. The number of amides is 1. The number of carbonyl (C=O) groups is 1. The van der Waals surface area contributed by atoms with Gasteiger partial charge >= 0.3 is 0 Å². The molecule has 0 aromatic heterocycles. The largest absolute Gasteiger partial charge is 0.292 e. The van der Waals surface area contributed by atoms with Gasteiger partial charge in [-0.15, -0.1) is 0 Å². The fourth-order valence-electron chi connectivity index (χ4n) is 2.49. The van der Waals surface area contributed by atoms with E-state index in [4.69, 9.17) is 0 Å². The van der Waals surface area contributed by atoms with Crippen LogP contribution < -0.4 is 0 Å². The molecule has 0 bridgehead atoms. The van der Waals surface area contributed by atoms with Gasteiger partial charge in [-0.1, -0.05) is 30.3 Å². The summed E-state index contributed by atoms with van der Waals surface area (Å²) in [6.07, 6.45) is 1.66.